The molecular weight excluding hydrogens is 178 g/mol. The third-order valence-electron chi connectivity index (χ3n) is 2.26. The van der Waals surface area contributed by atoms with E-state index in [1.54, 1.807) is 0 Å². The number of hydrogen-bond donors (Lipinski definition) is 2. The van der Waals surface area contributed by atoms with Gasteiger partial charge in [0.1, 0.15) is 0 Å². The van der Waals surface area contributed by atoms with E-state index >= 15 is 0 Å². The third kappa shape index (κ3) is 2.88. The standard InChI is InChI=1S/C10H17N3O/c1-2-9(11)8-3-5-13(7-8)6-4-10(12)14/h3,5,7,9H,2,4,6,11H2,1H3,(H2,12,14). The molecule has 0 fully saturated rings. The lowest BCUT2D eigenvalue weighted by Crippen LogP contribution is -2.13. The van der Waals surface area contributed by atoms with Gasteiger partial charge in [0.25, 0.3) is 0 Å². The van der Waals surface area contributed by atoms with E-state index in [-0.39, 0.29) is 11.9 Å². The van der Waals surface area contributed by atoms with Crippen molar-refractivity contribution in [2.24, 2.45) is 11.5 Å². The fourth-order valence-corrected chi connectivity index (χ4v) is 1.29. The maximum Gasteiger partial charge on any atom is 0.219 e. The highest BCUT2D eigenvalue weighted by molar-refractivity contribution is 5.73. The summed E-state index contributed by atoms with van der Waals surface area (Å²) >= 11 is 0. The number of hydrogen-bond acceptors (Lipinski definition) is 2. The van der Waals surface area contributed by atoms with E-state index in [0.717, 1.165) is 12.0 Å². The molecule has 1 amide bonds. The van der Waals surface area contributed by atoms with Gasteiger partial charge in [0.2, 0.25) is 5.91 Å². The Morgan fingerprint density at radius 2 is 2.36 bits per heavy atom. The molecule has 0 spiro atoms. The molecule has 0 bridgehead atoms. The fourth-order valence-electron chi connectivity index (χ4n) is 1.29. The van der Waals surface area contributed by atoms with Crippen LogP contribution >= 0.6 is 0 Å². The molecule has 1 aromatic heterocycles. The van der Waals surface area contributed by atoms with Crippen LogP contribution < -0.4 is 11.5 Å². The first-order valence-corrected chi connectivity index (χ1v) is 4.83. The predicted octanol–water partition coefficient (Wildman–Crippen LogP) is 0.773. The van der Waals surface area contributed by atoms with Crippen LogP contribution in [0, 0.1) is 0 Å². The molecule has 0 aromatic carbocycles. The van der Waals surface area contributed by atoms with Gasteiger partial charge in [-0.25, -0.2) is 0 Å². The van der Waals surface area contributed by atoms with Crippen molar-refractivity contribution in [1.82, 2.24) is 4.57 Å². The Labute approximate surface area is 83.9 Å². The molecule has 1 atom stereocenters. The summed E-state index contributed by atoms with van der Waals surface area (Å²) in [6.07, 6.45) is 5.18. The number of primary amides is 1. The molecule has 1 aromatic rings. The lowest BCUT2D eigenvalue weighted by Gasteiger charge is -2.05. The van der Waals surface area contributed by atoms with E-state index in [9.17, 15) is 4.79 Å². The monoisotopic (exact) mass is 195 g/mol. The Hall–Kier alpha value is -1.29. The molecular formula is C10H17N3O. The van der Waals surface area contributed by atoms with Crippen LogP contribution in [0.1, 0.15) is 31.4 Å². The quantitative estimate of drug-likeness (QED) is 0.728. The van der Waals surface area contributed by atoms with Crippen molar-refractivity contribution in [3.63, 3.8) is 0 Å². The normalized spacial score (nSPS) is 12.7. The number of rotatable bonds is 5. The SMILES string of the molecule is CCC(N)c1ccn(CCC(N)=O)c1. The zero-order valence-electron chi connectivity index (χ0n) is 8.44. The maximum absolute atomic E-state index is 10.6. The van der Waals surface area contributed by atoms with Crippen molar-refractivity contribution in [3.8, 4) is 0 Å². The Kier molecular flexibility index (Phi) is 3.71. The first-order chi connectivity index (χ1) is 6.63. The Morgan fingerprint density at radius 1 is 1.64 bits per heavy atom. The number of aromatic nitrogens is 1. The Balaban J connectivity index is 2.54. The molecule has 0 radical (unpaired) electrons. The Morgan fingerprint density at radius 3 is 2.93 bits per heavy atom. The summed E-state index contributed by atoms with van der Waals surface area (Å²) in [7, 11) is 0. The highest BCUT2D eigenvalue weighted by atomic mass is 16.1. The number of carbonyl (C=O) groups is 1. The molecule has 0 saturated carbocycles. The molecule has 0 saturated heterocycles. The van der Waals surface area contributed by atoms with E-state index < -0.39 is 0 Å². The minimum Gasteiger partial charge on any atom is -0.370 e. The van der Waals surface area contributed by atoms with E-state index in [2.05, 4.69) is 0 Å². The van der Waals surface area contributed by atoms with Gasteiger partial charge in [-0.05, 0) is 18.1 Å². The molecule has 4 nitrogen and oxygen atoms in total. The first kappa shape index (κ1) is 10.8. The van der Waals surface area contributed by atoms with Gasteiger partial charge >= 0.3 is 0 Å². The average molecular weight is 195 g/mol. The van der Waals surface area contributed by atoms with E-state index in [1.807, 2.05) is 30.0 Å². The molecule has 1 rings (SSSR count). The van der Waals surface area contributed by atoms with Crippen molar-refractivity contribution in [2.75, 3.05) is 0 Å². The highest BCUT2D eigenvalue weighted by Crippen LogP contribution is 2.13. The van der Waals surface area contributed by atoms with E-state index in [0.29, 0.717) is 13.0 Å². The smallest absolute Gasteiger partial charge is 0.219 e. The van der Waals surface area contributed by atoms with Crippen LogP contribution in [0.3, 0.4) is 0 Å². The zero-order chi connectivity index (χ0) is 10.6. The molecule has 78 valence electrons. The van der Waals surface area contributed by atoms with Gasteiger partial charge in [-0.1, -0.05) is 6.92 Å². The molecule has 14 heavy (non-hydrogen) atoms. The van der Waals surface area contributed by atoms with E-state index in [1.165, 1.54) is 0 Å². The maximum atomic E-state index is 10.6. The zero-order valence-corrected chi connectivity index (χ0v) is 8.44. The lowest BCUT2D eigenvalue weighted by molar-refractivity contribution is -0.118. The highest BCUT2D eigenvalue weighted by Gasteiger charge is 2.04. The van der Waals surface area contributed by atoms with Crippen LogP contribution in [-0.4, -0.2) is 10.5 Å². The molecule has 4 N–H and O–H groups in total. The van der Waals surface area contributed by atoms with Gasteiger partial charge in [-0.15, -0.1) is 0 Å². The summed E-state index contributed by atoms with van der Waals surface area (Å²) in [6, 6.07) is 2.07. The van der Waals surface area contributed by atoms with Gasteiger partial charge in [0, 0.05) is 31.4 Å². The summed E-state index contributed by atoms with van der Waals surface area (Å²) in [5.74, 6) is -0.278. The molecule has 0 aliphatic rings. The first-order valence-electron chi connectivity index (χ1n) is 4.83. The number of aryl methyl sites for hydroxylation is 1. The van der Waals surface area contributed by atoms with Gasteiger partial charge in [-0.2, -0.15) is 0 Å². The number of amides is 1. The van der Waals surface area contributed by atoms with Crippen molar-refractivity contribution in [2.45, 2.75) is 32.4 Å². The van der Waals surface area contributed by atoms with Crippen molar-refractivity contribution in [1.29, 1.82) is 0 Å². The van der Waals surface area contributed by atoms with Gasteiger partial charge in [0.05, 0.1) is 0 Å². The van der Waals surface area contributed by atoms with Gasteiger partial charge in [-0.3, -0.25) is 4.79 Å². The summed E-state index contributed by atoms with van der Waals surface area (Å²) < 4.78 is 1.94. The summed E-state index contributed by atoms with van der Waals surface area (Å²) in [5.41, 5.74) is 12.0. The minimum absolute atomic E-state index is 0.0878. The molecule has 4 heteroatoms. The minimum atomic E-state index is -0.278. The number of nitrogens with two attached hydrogens (primary N) is 2. The molecule has 1 unspecified atom stereocenters. The summed E-state index contributed by atoms with van der Waals surface area (Å²) in [5, 5.41) is 0. The predicted molar refractivity (Wildman–Crippen MR) is 55.5 cm³/mol. The van der Waals surface area contributed by atoms with E-state index in [4.69, 9.17) is 11.5 Å². The number of nitrogens with zero attached hydrogens (tertiary/aromatic N) is 1. The van der Waals surface area contributed by atoms with Crippen LogP contribution in [0.4, 0.5) is 0 Å². The van der Waals surface area contributed by atoms with Crippen molar-refractivity contribution < 1.29 is 4.79 Å². The van der Waals surface area contributed by atoms with Gasteiger partial charge < -0.3 is 16.0 Å². The Bertz CT molecular complexity index is 306. The van der Waals surface area contributed by atoms with Crippen LogP contribution in [0.5, 0.6) is 0 Å². The second-order valence-corrected chi connectivity index (χ2v) is 3.41. The van der Waals surface area contributed by atoms with Crippen LogP contribution in [0.2, 0.25) is 0 Å². The lowest BCUT2D eigenvalue weighted by atomic mass is 10.1. The average Bonchev–Trinajstić information content (AvgIpc) is 2.62. The molecule has 0 aliphatic carbocycles. The number of carbonyl (C=O) groups excluding carboxylic acids is 1. The van der Waals surface area contributed by atoms with Gasteiger partial charge in [0.15, 0.2) is 0 Å². The van der Waals surface area contributed by atoms with Crippen molar-refractivity contribution in [3.05, 3.63) is 24.0 Å². The third-order valence-corrected chi connectivity index (χ3v) is 2.26. The fraction of sp³-hybridized carbons (Fsp3) is 0.500. The second-order valence-electron chi connectivity index (χ2n) is 3.41. The van der Waals surface area contributed by atoms with Crippen molar-refractivity contribution >= 4 is 5.91 Å². The second kappa shape index (κ2) is 4.81. The topological polar surface area (TPSA) is 74.0 Å². The van der Waals surface area contributed by atoms with Crippen LogP contribution in [-0.2, 0) is 11.3 Å². The summed E-state index contributed by atoms with van der Waals surface area (Å²) in [4.78, 5) is 10.6. The van der Waals surface area contributed by atoms with Crippen LogP contribution in [0.25, 0.3) is 0 Å². The largest absolute Gasteiger partial charge is 0.370 e. The van der Waals surface area contributed by atoms with Crippen LogP contribution in [0.15, 0.2) is 18.5 Å². The molecule has 1 heterocycles. The molecule has 0 aliphatic heterocycles. The summed E-state index contributed by atoms with van der Waals surface area (Å²) in [6.45, 7) is 2.68.